The van der Waals surface area contributed by atoms with Crippen LogP contribution in [0.2, 0.25) is 0 Å². The smallest absolute Gasteiger partial charge is 0.361 e. The van der Waals surface area contributed by atoms with Crippen molar-refractivity contribution in [3.63, 3.8) is 0 Å². The van der Waals surface area contributed by atoms with Crippen molar-refractivity contribution < 1.29 is 23.4 Å². The molecule has 0 atom stereocenters. The lowest BCUT2D eigenvalue weighted by Crippen LogP contribution is -2.04. The van der Waals surface area contributed by atoms with Crippen LogP contribution in [0, 0.1) is 5.82 Å². The predicted molar refractivity (Wildman–Crippen MR) is 107 cm³/mol. The second-order valence-electron chi connectivity index (χ2n) is 6.16. The third-order valence-corrected chi connectivity index (χ3v) is 4.24. The van der Waals surface area contributed by atoms with Gasteiger partial charge in [0.1, 0.15) is 18.1 Å². The van der Waals surface area contributed by atoms with E-state index < -0.39 is 5.97 Å². The van der Waals surface area contributed by atoms with Gasteiger partial charge in [0.2, 0.25) is 0 Å². The van der Waals surface area contributed by atoms with Gasteiger partial charge in [-0.3, -0.25) is 0 Å². The zero-order chi connectivity index (χ0) is 20.6. The molecule has 0 spiro atoms. The molecular formula is C22H21FN2O4. The van der Waals surface area contributed by atoms with Gasteiger partial charge in [0, 0.05) is 23.7 Å². The number of fused-ring (bicyclic) bond motifs is 1. The van der Waals surface area contributed by atoms with E-state index in [0.29, 0.717) is 26.4 Å². The number of rotatable bonds is 10. The highest BCUT2D eigenvalue weighted by Gasteiger charge is 2.15. The Bertz CT molecular complexity index is 1010. The van der Waals surface area contributed by atoms with E-state index in [2.05, 4.69) is 18.1 Å². The van der Waals surface area contributed by atoms with Crippen molar-refractivity contribution in [3.8, 4) is 0 Å². The Morgan fingerprint density at radius 1 is 1.17 bits per heavy atom. The van der Waals surface area contributed by atoms with Gasteiger partial charge in [0.25, 0.3) is 0 Å². The first-order chi connectivity index (χ1) is 14.1. The Morgan fingerprint density at radius 2 is 1.97 bits per heavy atom. The topological polar surface area (TPSA) is 62.6 Å². The van der Waals surface area contributed by atoms with E-state index in [0.717, 1.165) is 28.3 Å². The zero-order valence-electron chi connectivity index (χ0n) is 15.8. The molecule has 0 aliphatic carbocycles. The van der Waals surface area contributed by atoms with Crippen molar-refractivity contribution in [2.45, 2.75) is 13.2 Å². The molecule has 0 amide bonds. The van der Waals surface area contributed by atoms with Crippen molar-refractivity contribution in [2.24, 2.45) is 0 Å². The SMILES string of the molecule is C=COCCOCc1cn(Cc2ccc(F)cc2)c2cnc(C(=O)OC=C)cc12. The third-order valence-electron chi connectivity index (χ3n) is 4.24. The molecule has 0 aliphatic heterocycles. The number of pyridine rings is 1. The maximum atomic E-state index is 13.2. The number of aromatic nitrogens is 2. The second kappa shape index (κ2) is 9.66. The summed E-state index contributed by atoms with van der Waals surface area (Å²) in [5.41, 5.74) is 2.82. The maximum Gasteiger partial charge on any atom is 0.361 e. The fraction of sp³-hybridized carbons (Fsp3) is 0.182. The molecule has 3 aromatic rings. The van der Waals surface area contributed by atoms with E-state index in [9.17, 15) is 9.18 Å². The first-order valence-electron chi connectivity index (χ1n) is 8.96. The molecule has 6 nitrogen and oxygen atoms in total. The van der Waals surface area contributed by atoms with Crippen LogP contribution < -0.4 is 0 Å². The minimum Gasteiger partial charge on any atom is -0.499 e. The normalized spacial score (nSPS) is 10.7. The van der Waals surface area contributed by atoms with Gasteiger partial charge in [-0.2, -0.15) is 0 Å². The largest absolute Gasteiger partial charge is 0.499 e. The Kier molecular flexibility index (Phi) is 6.76. The van der Waals surface area contributed by atoms with E-state index in [-0.39, 0.29) is 11.5 Å². The second-order valence-corrected chi connectivity index (χ2v) is 6.16. The molecule has 150 valence electrons. The van der Waals surface area contributed by atoms with E-state index in [1.54, 1.807) is 24.4 Å². The molecule has 0 fully saturated rings. The van der Waals surface area contributed by atoms with E-state index >= 15 is 0 Å². The summed E-state index contributed by atoms with van der Waals surface area (Å²) in [6.07, 6.45) is 5.98. The van der Waals surface area contributed by atoms with E-state index in [1.165, 1.54) is 18.4 Å². The van der Waals surface area contributed by atoms with E-state index in [1.807, 2.05) is 10.8 Å². The number of nitrogens with zero attached hydrogens (tertiary/aromatic N) is 2. The molecule has 2 aromatic heterocycles. The van der Waals surface area contributed by atoms with Crippen LogP contribution in [0.3, 0.4) is 0 Å². The van der Waals surface area contributed by atoms with Gasteiger partial charge in [-0.25, -0.2) is 14.2 Å². The standard InChI is InChI=1S/C22H21FN2O4/c1-3-27-9-10-28-15-17-14-25(13-16-5-7-18(23)8-6-16)21-12-24-20(11-19(17)21)22(26)29-4-2/h3-8,11-12,14H,1-2,9-10,13,15H2. The highest BCUT2D eigenvalue weighted by molar-refractivity contribution is 5.93. The molecular weight excluding hydrogens is 375 g/mol. The summed E-state index contributed by atoms with van der Waals surface area (Å²) in [5, 5.41) is 0.822. The summed E-state index contributed by atoms with van der Waals surface area (Å²) >= 11 is 0. The Balaban J connectivity index is 1.90. The average molecular weight is 396 g/mol. The fourth-order valence-corrected chi connectivity index (χ4v) is 2.91. The van der Waals surface area contributed by atoms with Gasteiger partial charge in [0.15, 0.2) is 0 Å². The van der Waals surface area contributed by atoms with Gasteiger partial charge >= 0.3 is 5.97 Å². The van der Waals surface area contributed by atoms with Crippen LogP contribution in [-0.4, -0.2) is 28.7 Å². The molecule has 0 unspecified atom stereocenters. The fourth-order valence-electron chi connectivity index (χ4n) is 2.91. The first-order valence-corrected chi connectivity index (χ1v) is 8.96. The van der Waals surface area contributed by atoms with Crippen LogP contribution in [0.1, 0.15) is 21.6 Å². The number of carbonyl (C=O) groups excluding carboxylic acids is 1. The van der Waals surface area contributed by atoms with Gasteiger partial charge < -0.3 is 18.8 Å². The molecule has 0 saturated carbocycles. The summed E-state index contributed by atoms with van der Waals surface area (Å²) in [7, 11) is 0. The molecule has 3 rings (SSSR count). The minimum absolute atomic E-state index is 0.174. The van der Waals surface area contributed by atoms with Crippen LogP contribution in [0.4, 0.5) is 4.39 Å². The van der Waals surface area contributed by atoms with Crippen LogP contribution in [0.5, 0.6) is 0 Å². The Labute approximate surface area is 167 Å². The average Bonchev–Trinajstić information content (AvgIpc) is 3.06. The minimum atomic E-state index is -0.584. The van der Waals surface area contributed by atoms with E-state index in [4.69, 9.17) is 14.2 Å². The molecule has 0 N–H and O–H groups in total. The van der Waals surface area contributed by atoms with Crippen molar-refractivity contribution in [1.82, 2.24) is 9.55 Å². The summed E-state index contributed by atoms with van der Waals surface area (Å²) in [6, 6.07) is 7.97. The lowest BCUT2D eigenvalue weighted by Gasteiger charge is -2.06. The molecule has 0 bridgehead atoms. The van der Waals surface area contributed by atoms with Gasteiger partial charge in [-0.05, 0) is 23.8 Å². The summed E-state index contributed by atoms with van der Waals surface area (Å²) < 4.78 is 30.7. The van der Waals surface area contributed by atoms with Crippen LogP contribution in [0.15, 0.2) is 68.4 Å². The van der Waals surface area contributed by atoms with Crippen LogP contribution >= 0.6 is 0 Å². The first kappa shape index (κ1) is 20.3. The van der Waals surface area contributed by atoms with Gasteiger partial charge in [0.05, 0.1) is 37.5 Å². The van der Waals surface area contributed by atoms with Crippen molar-refractivity contribution in [1.29, 1.82) is 0 Å². The monoisotopic (exact) mass is 396 g/mol. The molecule has 0 radical (unpaired) electrons. The number of halogens is 1. The Hall–Kier alpha value is -3.45. The molecule has 2 heterocycles. The zero-order valence-corrected chi connectivity index (χ0v) is 15.8. The third kappa shape index (κ3) is 5.08. The molecule has 29 heavy (non-hydrogen) atoms. The number of hydrogen-bond donors (Lipinski definition) is 0. The van der Waals surface area contributed by atoms with Crippen LogP contribution in [0.25, 0.3) is 10.9 Å². The van der Waals surface area contributed by atoms with Crippen molar-refractivity contribution >= 4 is 16.9 Å². The summed E-state index contributed by atoms with van der Waals surface area (Å²) in [4.78, 5) is 16.2. The van der Waals surface area contributed by atoms with Crippen LogP contribution in [-0.2, 0) is 27.4 Å². The number of esters is 1. The molecule has 0 saturated heterocycles. The lowest BCUT2D eigenvalue weighted by atomic mass is 10.2. The summed E-state index contributed by atoms with van der Waals surface area (Å²) in [6.45, 7) is 8.52. The number of hydrogen-bond acceptors (Lipinski definition) is 5. The van der Waals surface area contributed by atoms with Crippen molar-refractivity contribution in [2.75, 3.05) is 13.2 Å². The highest BCUT2D eigenvalue weighted by atomic mass is 19.1. The highest BCUT2D eigenvalue weighted by Crippen LogP contribution is 2.24. The summed E-state index contributed by atoms with van der Waals surface area (Å²) in [5.74, 6) is -0.867. The number of carbonyl (C=O) groups is 1. The molecule has 0 aliphatic rings. The number of ether oxygens (including phenoxy) is 3. The quantitative estimate of drug-likeness (QED) is 0.292. The Morgan fingerprint density at radius 3 is 2.69 bits per heavy atom. The van der Waals surface area contributed by atoms with Gasteiger partial charge in [-0.15, -0.1) is 0 Å². The predicted octanol–water partition coefficient (Wildman–Crippen LogP) is 4.20. The van der Waals surface area contributed by atoms with Gasteiger partial charge in [-0.1, -0.05) is 25.3 Å². The molecule has 7 heteroatoms. The maximum absolute atomic E-state index is 13.2. The lowest BCUT2D eigenvalue weighted by molar-refractivity contribution is 0.0658. The molecule has 1 aromatic carbocycles. The van der Waals surface area contributed by atoms with Crippen molar-refractivity contribution in [3.05, 3.63) is 91.0 Å². The number of benzene rings is 1.